The van der Waals surface area contributed by atoms with E-state index in [0.29, 0.717) is 12.0 Å². The van der Waals surface area contributed by atoms with E-state index >= 15 is 0 Å². The Hall–Kier alpha value is -0.890. The van der Waals surface area contributed by atoms with E-state index in [1.165, 1.54) is 31.4 Å². The quantitative estimate of drug-likeness (QED) is 0.806. The maximum Gasteiger partial charge on any atom is 0.126 e. The van der Waals surface area contributed by atoms with Gasteiger partial charge >= 0.3 is 0 Å². The largest absolute Gasteiger partial charge is 0.314 e. The number of fused-ring (bicyclic) bond motifs is 1. The van der Waals surface area contributed by atoms with Crippen LogP contribution in [0, 0.1) is 11.7 Å². The smallest absolute Gasteiger partial charge is 0.126 e. The van der Waals surface area contributed by atoms with E-state index in [4.69, 9.17) is 0 Å². The number of benzene rings is 1. The Balaban J connectivity index is 1.68. The van der Waals surface area contributed by atoms with Gasteiger partial charge < -0.3 is 5.32 Å². The van der Waals surface area contributed by atoms with Crippen LogP contribution < -0.4 is 5.32 Å². The Bertz CT molecular complexity index is 382. The zero-order chi connectivity index (χ0) is 11.0. The van der Waals surface area contributed by atoms with E-state index in [0.717, 1.165) is 18.4 Å². The number of nitrogens with one attached hydrogen (secondary N) is 1. The van der Waals surface area contributed by atoms with Crippen LogP contribution in [0.2, 0.25) is 0 Å². The second-order valence-electron chi connectivity index (χ2n) is 5.18. The predicted octanol–water partition coefficient (Wildman–Crippen LogP) is 2.68. The number of halogens is 1. The summed E-state index contributed by atoms with van der Waals surface area (Å²) in [5.74, 6) is 0.655. The molecule has 1 aromatic rings. The van der Waals surface area contributed by atoms with Crippen LogP contribution in [0.3, 0.4) is 0 Å². The first kappa shape index (κ1) is 10.3. The summed E-state index contributed by atoms with van der Waals surface area (Å²) in [6.07, 6.45) is 5.84. The number of hydrogen-bond donors (Lipinski definition) is 1. The average Bonchev–Trinajstić information content (AvgIpc) is 2.88. The van der Waals surface area contributed by atoms with Gasteiger partial charge in [0.05, 0.1) is 0 Å². The molecule has 1 aliphatic heterocycles. The summed E-state index contributed by atoms with van der Waals surface area (Å²) >= 11 is 0. The predicted molar refractivity (Wildman–Crippen MR) is 62.9 cm³/mol. The molecular formula is C14H18FN. The van der Waals surface area contributed by atoms with Crippen molar-refractivity contribution in [3.8, 4) is 0 Å². The second kappa shape index (κ2) is 4.17. The van der Waals surface area contributed by atoms with Gasteiger partial charge in [-0.2, -0.15) is 0 Å². The minimum Gasteiger partial charge on any atom is -0.314 e. The van der Waals surface area contributed by atoms with Gasteiger partial charge in [0.1, 0.15) is 5.82 Å². The van der Waals surface area contributed by atoms with Gasteiger partial charge in [-0.1, -0.05) is 12.1 Å². The highest BCUT2D eigenvalue weighted by atomic mass is 19.1. The van der Waals surface area contributed by atoms with Gasteiger partial charge in [-0.05, 0) is 61.8 Å². The van der Waals surface area contributed by atoms with Crippen LogP contribution in [-0.2, 0) is 12.8 Å². The summed E-state index contributed by atoms with van der Waals surface area (Å²) in [4.78, 5) is 0. The van der Waals surface area contributed by atoms with Gasteiger partial charge in [0.2, 0.25) is 0 Å². The van der Waals surface area contributed by atoms with Crippen LogP contribution in [0.5, 0.6) is 0 Å². The summed E-state index contributed by atoms with van der Waals surface area (Å²) in [5, 5.41) is 3.53. The summed E-state index contributed by atoms with van der Waals surface area (Å²) in [6, 6.07) is 6.20. The van der Waals surface area contributed by atoms with Crippen molar-refractivity contribution in [3.63, 3.8) is 0 Å². The van der Waals surface area contributed by atoms with E-state index in [9.17, 15) is 4.39 Å². The molecule has 0 radical (unpaired) electrons. The molecule has 3 rings (SSSR count). The molecule has 2 atom stereocenters. The van der Waals surface area contributed by atoms with Crippen LogP contribution >= 0.6 is 0 Å². The van der Waals surface area contributed by atoms with Crippen molar-refractivity contribution < 1.29 is 4.39 Å². The van der Waals surface area contributed by atoms with Gasteiger partial charge in [-0.15, -0.1) is 0 Å². The Morgan fingerprint density at radius 1 is 1.31 bits per heavy atom. The third-order valence-electron chi connectivity index (χ3n) is 4.00. The molecule has 1 aromatic carbocycles. The van der Waals surface area contributed by atoms with Crippen molar-refractivity contribution in [2.45, 2.75) is 38.1 Å². The molecular weight excluding hydrogens is 201 g/mol. The van der Waals surface area contributed by atoms with E-state index < -0.39 is 0 Å². The molecule has 0 bridgehead atoms. The first-order chi connectivity index (χ1) is 7.83. The minimum absolute atomic E-state index is 0.000573. The standard InChI is InChI=1S/C14H18FN/c15-14-5-1-3-11-7-10(9-13(11)14)8-12-4-2-6-16-12/h1,3,5,10,12,16H,2,4,6-9H2. The molecule has 0 saturated carbocycles. The Kier molecular flexibility index (Phi) is 2.68. The highest BCUT2D eigenvalue weighted by molar-refractivity contribution is 5.33. The van der Waals surface area contributed by atoms with E-state index in [1.807, 2.05) is 6.07 Å². The molecule has 1 saturated heterocycles. The van der Waals surface area contributed by atoms with Crippen molar-refractivity contribution in [3.05, 3.63) is 35.1 Å². The minimum atomic E-state index is -0.000573. The van der Waals surface area contributed by atoms with E-state index in [2.05, 4.69) is 11.4 Å². The average molecular weight is 219 g/mol. The van der Waals surface area contributed by atoms with Gasteiger partial charge in [0.15, 0.2) is 0 Å². The third kappa shape index (κ3) is 1.86. The van der Waals surface area contributed by atoms with Crippen LogP contribution in [-0.4, -0.2) is 12.6 Å². The molecule has 16 heavy (non-hydrogen) atoms. The molecule has 1 N–H and O–H groups in total. The van der Waals surface area contributed by atoms with Gasteiger partial charge in [0, 0.05) is 6.04 Å². The lowest BCUT2D eigenvalue weighted by atomic mass is 9.96. The van der Waals surface area contributed by atoms with Gasteiger partial charge in [-0.25, -0.2) is 4.39 Å². The molecule has 1 heterocycles. The van der Waals surface area contributed by atoms with E-state index in [-0.39, 0.29) is 5.82 Å². The highest BCUT2D eigenvalue weighted by Crippen LogP contribution is 2.32. The zero-order valence-electron chi connectivity index (χ0n) is 9.51. The number of rotatable bonds is 2. The van der Waals surface area contributed by atoms with Crippen LogP contribution in [0.1, 0.15) is 30.4 Å². The first-order valence-corrected chi connectivity index (χ1v) is 6.32. The summed E-state index contributed by atoms with van der Waals surface area (Å²) in [7, 11) is 0. The Labute approximate surface area is 96.1 Å². The lowest BCUT2D eigenvalue weighted by molar-refractivity contribution is 0.423. The first-order valence-electron chi connectivity index (χ1n) is 6.32. The monoisotopic (exact) mass is 219 g/mol. The molecule has 1 aliphatic carbocycles. The fourth-order valence-electron chi connectivity index (χ4n) is 3.22. The van der Waals surface area contributed by atoms with Crippen molar-refractivity contribution in [1.29, 1.82) is 0 Å². The maximum absolute atomic E-state index is 13.6. The summed E-state index contributed by atoms with van der Waals surface area (Å²) in [5.41, 5.74) is 2.22. The summed E-state index contributed by atoms with van der Waals surface area (Å²) in [6.45, 7) is 1.17. The highest BCUT2D eigenvalue weighted by Gasteiger charge is 2.27. The molecule has 2 unspecified atom stereocenters. The van der Waals surface area contributed by atoms with Crippen molar-refractivity contribution >= 4 is 0 Å². The Morgan fingerprint density at radius 3 is 3.00 bits per heavy atom. The second-order valence-corrected chi connectivity index (χ2v) is 5.18. The SMILES string of the molecule is Fc1cccc2c1CC(CC1CCCN1)C2. The normalized spacial score (nSPS) is 28.3. The molecule has 2 heteroatoms. The molecule has 1 fully saturated rings. The maximum atomic E-state index is 13.6. The molecule has 0 amide bonds. The van der Waals surface area contributed by atoms with Crippen LogP contribution in [0.25, 0.3) is 0 Å². The van der Waals surface area contributed by atoms with Crippen LogP contribution in [0.15, 0.2) is 18.2 Å². The molecule has 1 nitrogen and oxygen atoms in total. The topological polar surface area (TPSA) is 12.0 Å². The van der Waals surface area contributed by atoms with Crippen LogP contribution in [0.4, 0.5) is 4.39 Å². The van der Waals surface area contributed by atoms with Gasteiger partial charge in [-0.3, -0.25) is 0 Å². The third-order valence-corrected chi connectivity index (χ3v) is 4.00. The lowest BCUT2D eigenvalue weighted by Gasteiger charge is -2.15. The molecule has 0 spiro atoms. The fraction of sp³-hybridized carbons (Fsp3) is 0.571. The lowest BCUT2D eigenvalue weighted by Crippen LogP contribution is -2.24. The van der Waals surface area contributed by atoms with Gasteiger partial charge in [0.25, 0.3) is 0 Å². The molecule has 86 valence electrons. The van der Waals surface area contributed by atoms with E-state index in [1.54, 1.807) is 6.07 Å². The Morgan fingerprint density at radius 2 is 2.25 bits per heavy atom. The number of hydrogen-bond acceptors (Lipinski definition) is 1. The summed E-state index contributed by atoms with van der Waals surface area (Å²) < 4.78 is 13.6. The molecule has 0 aromatic heterocycles. The van der Waals surface area contributed by atoms with Crippen molar-refractivity contribution in [1.82, 2.24) is 5.32 Å². The van der Waals surface area contributed by atoms with Crippen molar-refractivity contribution in [2.24, 2.45) is 5.92 Å². The fourth-order valence-corrected chi connectivity index (χ4v) is 3.22. The zero-order valence-corrected chi connectivity index (χ0v) is 9.51. The molecule has 2 aliphatic rings. The van der Waals surface area contributed by atoms with Crippen molar-refractivity contribution in [2.75, 3.05) is 6.54 Å².